The van der Waals surface area contributed by atoms with Crippen LogP contribution in [0, 0.1) is 0 Å². The molecule has 1 aromatic heterocycles. The fourth-order valence-electron chi connectivity index (χ4n) is 1.26. The van der Waals surface area contributed by atoms with Crippen LogP contribution in [0.25, 0.3) is 0 Å². The molecule has 3 nitrogen and oxygen atoms in total. The van der Waals surface area contributed by atoms with Crippen LogP contribution >= 0.6 is 0 Å². The summed E-state index contributed by atoms with van der Waals surface area (Å²) in [7, 11) is 0. The van der Waals surface area contributed by atoms with Crippen LogP contribution in [0.1, 0.15) is 26.5 Å². The Morgan fingerprint density at radius 1 is 1.58 bits per heavy atom. The largest absolute Gasteiger partial charge is 0.330 e. The summed E-state index contributed by atoms with van der Waals surface area (Å²) in [5, 5.41) is 4.21. The molecule has 3 heteroatoms. The third-order valence-corrected chi connectivity index (χ3v) is 2.22. The number of nitrogens with two attached hydrogens (primary N) is 1. The highest BCUT2D eigenvalue weighted by molar-refractivity contribution is 5.13. The van der Waals surface area contributed by atoms with Gasteiger partial charge in [-0.25, -0.2) is 0 Å². The first-order valence-electron chi connectivity index (χ1n) is 4.34. The molecular weight excluding hydrogens is 150 g/mol. The Kier molecular flexibility index (Phi) is 2.52. The predicted octanol–water partition coefficient (Wildman–Crippen LogP) is 1.14. The van der Waals surface area contributed by atoms with Crippen molar-refractivity contribution in [2.24, 2.45) is 5.73 Å². The molecule has 0 bridgehead atoms. The molecule has 68 valence electrons. The topological polar surface area (TPSA) is 43.8 Å². The van der Waals surface area contributed by atoms with Crippen LogP contribution in [0.2, 0.25) is 0 Å². The highest BCUT2D eigenvalue weighted by Crippen LogP contribution is 2.20. The standard InChI is InChI=1S/C9H17N3/c1-4-12-8(5-6-11-12)9(2,3)7-10/h5-6H,4,7,10H2,1-3H3. The summed E-state index contributed by atoms with van der Waals surface area (Å²) in [6.45, 7) is 7.92. The van der Waals surface area contributed by atoms with E-state index in [9.17, 15) is 0 Å². The van der Waals surface area contributed by atoms with E-state index in [-0.39, 0.29) is 5.41 Å². The van der Waals surface area contributed by atoms with Crippen molar-refractivity contribution in [2.45, 2.75) is 32.7 Å². The van der Waals surface area contributed by atoms with Crippen LogP contribution in [-0.2, 0) is 12.0 Å². The van der Waals surface area contributed by atoms with Gasteiger partial charge in [-0.2, -0.15) is 5.10 Å². The van der Waals surface area contributed by atoms with Crippen LogP contribution < -0.4 is 5.73 Å². The Labute approximate surface area is 73.6 Å². The lowest BCUT2D eigenvalue weighted by Crippen LogP contribution is -2.30. The number of hydrogen-bond donors (Lipinski definition) is 1. The van der Waals surface area contributed by atoms with Gasteiger partial charge in [0.25, 0.3) is 0 Å². The van der Waals surface area contributed by atoms with E-state index in [2.05, 4.69) is 25.9 Å². The lowest BCUT2D eigenvalue weighted by molar-refractivity contribution is 0.469. The average molecular weight is 167 g/mol. The van der Waals surface area contributed by atoms with Crippen molar-refractivity contribution in [2.75, 3.05) is 6.54 Å². The van der Waals surface area contributed by atoms with E-state index in [4.69, 9.17) is 5.73 Å². The van der Waals surface area contributed by atoms with Gasteiger partial charge < -0.3 is 5.73 Å². The van der Waals surface area contributed by atoms with E-state index in [1.54, 1.807) is 0 Å². The Balaban J connectivity index is 3.00. The second-order valence-corrected chi connectivity index (χ2v) is 3.62. The van der Waals surface area contributed by atoms with Gasteiger partial charge in [0.05, 0.1) is 0 Å². The first kappa shape index (κ1) is 9.26. The summed E-state index contributed by atoms with van der Waals surface area (Å²) in [5.41, 5.74) is 6.93. The van der Waals surface area contributed by atoms with E-state index in [0.717, 1.165) is 6.54 Å². The molecule has 0 atom stereocenters. The number of hydrogen-bond acceptors (Lipinski definition) is 2. The molecule has 1 rings (SSSR count). The Bertz CT molecular complexity index is 250. The van der Waals surface area contributed by atoms with Gasteiger partial charge in [-0.3, -0.25) is 4.68 Å². The van der Waals surface area contributed by atoms with Crippen molar-refractivity contribution in [3.05, 3.63) is 18.0 Å². The number of aromatic nitrogens is 2. The van der Waals surface area contributed by atoms with Gasteiger partial charge in [0.2, 0.25) is 0 Å². The van der Waals surface area contributed by atoms with Crippen LogP contribution in [0.3, 0.4) is 0 Å². The van der Waals surface area contributed by atoms with Crippen LogP contribution in [0.15, 0.2) is 12.3 Å². The lowest BCUT2D eigenvalue weighted by atomic mass is 9.89. The van der Waals surface area contributed by atoms with E-state index >= 15 is 0 Å². The molecule has 1 aromatic rings. The summed E-state index contributed by atoms with van der Waals surface area (Å²) in [6, 6.07) is 2.04. The molecule has 0 radical (unpaired) electrons. The van der Waals surface area contributed by atoms with Crippen LogP contribution in [-0.4, -0.2) is 16.3 Å². The quantitative estimate of drug-likeness (QED) is 0.733. The lowest BCUT2D eigenvalue weighted by Gasteiger charge is -2.23. The summed E-state index contributed by atoms with van der Waals surface area (Å²) >= 11 is 0. The molecule has 0 aromatic carbocycles. The van der Waals surface area contributed by atoms with Crippen molar-refractivity contribution < 1.29 is 0 Å². The Morgan fingerprint density at radius 3 is 2.75 bits per heavy atom. The maximum atomic E-state index is 5.68. The maximum absolute atomic E-state index is 5.68. The van der Waals surface area contributed by atoms with Gasteiger partial charge in [-0.15, -0.1) is 0 Å². The molecular formula is C9H17N3. The summed E-state index contributed by atoms with van der Waals surface area (Å²) in [6.07, 6.45) is 1.83. The minimum absolute atomic E-state index is 0.0342. The number of rotatable bonds is 3. The third-order valence-electron chi connectivity index (χ3n) is 2.22. The molecule has 12 heavy (non-hydrogen) atoms. The van der Waals surface area contributed by atoms with Crippen LogP contribution in [0.4, 0.5) is 0 Å². The molecule has 0 aliphatic rings. The average Bonchev–Trinajstić information content (AvgIpc) is 2.52. The fraction of sp³-hybridized carbons (Fsp3) is 0.667. The smallest absolute Gasteiger partial charge is 0.0492 e. The minimum Gasteiger partial charge on any atom is -0.330 e. The zero-order chi connectivity index (χ0) is 9.19. The number of nitrogens with zero attached hydrogens (tertiary/aromatic N) is 2. The van der Waals surface area contributed by atoms with Gasteiger partial charge in [0.15, 0.2) is 0 Å². The van der Waals surface area contributed by atoms with Crippen molar-refractivity contribution in [3.8, 4) is 0 Å². The first-order valence-corrected chi connectivity index (χ1v) is 4.34. The normalized spacial score (nSPS) is 12.0. The molecule has 0 amide bonds. The monoisotopic (exact) mass is 167 g/mol. The molecule has 0 unspecified atom stereocenters. The van der Waals surface area contributed by atoms with E-state index < -0.39 is 0 Å². The van der Waals surface area contributed by atoms with Crippen molar-refractivity contribution in [1.29, 1.82) is 0 Å². The van der Waals surface area contributed by atoms with Crippen molar-refractivity contribution in [1.82, 2.24) is 9.78 Å². The molecule has 0 spiro atoms. The minimum atomic E-state index is 0.0342. The Hall–Kier alpha value is -0.830. The van der Waals surface area contributed by atoms with Gasteiger partial charge in [0, 0.05) is 30.4 Å². The van der Waals surface area contributed by atoms with E-state index in [1.165, 1.54) is 5.69 Å². The second-order valence-electron chi connectivity index (χ2n) is 3.62. The van der Waals surface area contributed by atoms with Gasteiger partial charge in [-0.05, 0) is 13.0 Å². The molecule has 1 heterocycles. The molecule has 2 N–H and O–H groups in total. The van der Waals surface area contributed by atoms with E-state index in [1.807, 2.05) is 16.9 Å². The second kappa shape index (κ2) is 3.27. The molecule has 0 aliphatic heterocycles. The predicted molar refractivity (Wildman–Crippen MR) is 50.0 cm³/mol. The van der Waals surface area contributed by atoms with E-state index in [0.29, 0.717) is 6.54 Å². The zero-order valence-corrected chi connectivity index (χ0v) is 8.04. The first-order chi connectivity index (χ1) is 5.61. The SMILES string of the molecule is CCn1nccc1C(C)(C)CN. The molecule has 0 saturated heterocycles. The van der Waals surface area contributed by atoms with Gasteiger partial charge in [-0.1, -0.05) is 13.8 Å². The van der Waals surface area contributed by atoms with Gasteiger partial charge in [0.1, 0.15) is 0 Å². The third kappa shape index (κ3) is 1.50. The van der Waals surface area contributed by atoms with Crippen LogP contribution in [0.5, 0.6) is 0 Å². The molecule has 0 saturated carbocycles. The summed E-state index contributed by atoms with van der Waals surface area (Å²) in [4.78, 5) is 0. The zero-order valence-electron chi connectivity index (χ0n) is 8.04. The molecule has 0 aliphatic carbocycles. The van der Waals surface area contributed by atoms with Crippen molar-refractivity contribution in [3.63, 3.8) is 0 Å². The summed E-state index contributed by atoms with van der Waals surface area (Å²) < 4.78 is 1.99. The highest BCUT2D eigenvalue weighted by atomic mass is 15.3. The Morgan fingerprint density at radius 2 is 2.25 bits per heavy atom. The fourth-order valence-corrected chi connectivity index (χ4v) is 1.26. The van der Waals surface area contributed by atoms with Crippen molar-refractivity contribution >= 4 is 0 Å². The number of aryl methyl sites for hydroxylation is 1. The molecule has 0 fully saturated rings. The summed E-state index contributed by atoms with van der Waals surface area (Å²) in [5.74, 6) is 0. The highest BCUT2D eigenvalue weighted by Gasteiger charge is 2.21. The van der Waals surface area contributed by atoms with Gasteiger partial charge >= 0.3 is 0 Å². The maximum Gasteiger partial charge on any atom is 0.0492 e.